The molecule has 4 heterocycles. The number of carbonyl (C=O) groups excluding carboxylic acids is 1. The molecule has 2 unspecified atom stereocenters. The summed E-state index contributed by atoms with van der Waals surface area (Å²) in [5.41, 5.74) is 4.48. The molecule has 2 amide bonds. The van der Waals surface area contributed by atoms with Crippen molar-refractivity contribution in [2.24, 2.45) is 4.99 Å². The van der Waals surface area contributed by atoms with E-state index in [4.69, 9.17) is 16.6 Å². The number of amides is 2. The number of aliphatic imine (C=N–C) groups is 1. The van der Waals surface area contributed by atoms with Gasteiger partial charge in [0, 0.05) is 55.1 Å². The minimum atomic E-state index is -0.780. The van der Waals surface area contributed by atoms with E-state index in [1.165, 1.54) is 0 Å². The summed E-state index contributed by atoms with van der Waals surface area (Å²) in [6.07, 6.45) is 12.1. The minimum Gasteiger partial charge on any atom is -0.367 e. The zero-order valence-corrected chi connectivity index (χ0v) is 23.5. The summed E-state index contributed by atoms with van der Waals surface area (Å²) in [5.74, 6) is 0. The fourth-order valence-corrected chi connectivity index (χ4v) is 6.95. The number of rotatable bonds is 3. The van der Waals surface area contributed by atoms with Gasteiger partial charge in [0.1, 0.15) is 5.54 Å². The summed E-state index contributed by atoms with van der Waals surface area (Å²) in [4.78, 5) is 29.5. The molecule has 2 aromatic carbocycles. The number of fused-ring (bicyclic) bond motifs is 1. The van der Waals surface area contributed by atoms with Crippen LogP contribution < -0.4 is 15.1 Å². The second-order valence-electron chi connectivity index (χ2n) is 11.2. The zero-order chi connectivity index (χ0) is 27.6. The van der Waals surface area contributed by atoms with Gasteiger partial charge in [0.25, 0.3) is 0 Å². The smallest absolute Gasteiger partial charge is 0.326 e. The molecule has 1 spiro atoms. The molecule has 1 N–H and O–H groups in total. The monoisotopic (exact) mass is 550 g/mol. The fraction of sp³-hybridized carbons (Fsp3) is 0.281. The van der Waals surface area contributed by atoms with Gasteiger partial charge >= 0.3 is 6.03 Å². The number of dihydropyridines is 1. The van der Waals surface area contributed by atoms with Gasteiger partial charge in [0.2, 0.25) is 0 Å². The molecule has 2 fully saturated rings. The van der Waals surface area contributed by atoms with Crippen LogP contribution in [0.15, 0.2) is 95.8 Å². The van der Waals surface area contributed by atoms with E-state index in [9.17, 15) is 4.79 Å². The third-order valence-electron chi connectivity index (χ3n) is 8.40. The van der Waals surface area contributed by atoms with Crippen molar-refractivity contribution in [3.8, 4) is 0 Å². The summed E-state index contributed by atoms with van der Waals surface area (Å²) in [7, 11) is 1.85. The topological polar surface area (TPSA) is 64.1 Å². The predicted octanol–water partition coefficient (Wildman–Crippen LogP) is 5.57. The highest BCUT2D eigenvalue weighted by molar-refractivity contribution is 6.33. The van der Waals surface area contributed by atoms with Gasteiger partial charge in [0.05, 0.1) is 33.7 Å². The van der Waals surface area contributed by atoms with Gasteiger partial charge in [-0.15, -0.1) is 0 Å². The first-order chi connectivity index (χ1) is 19.3. The maximum absolute atomic E-state index is 13.8. The Morgan fingerprint density at radius 3 is 2.67 bits per heavy atom. The molecule has 1 aromatic heterocycles. The Kier molecular flexibility index (Phi) is 5.84. The number of likely N-dealkylation sites (N-methyl/N-ethyl adjacent to an activating group) is 1. The Bertz CT molecular complexity index is 1650. The average molecular weight is 551 g/mol. The van der Waals surface area contributed by atoms with Crippen LogP contribution in [0, 0.1) is 0 Å². The number of hydrogen-bond donors (Lipinski definition) is 1. The van der Waals surface area contributed by atoms with Crippen LogP contribution in [0.2, 0.25) is 5.02 Å². The summed E-state index contributed by atoms with van der Waals surface area (Å²) in [6.45, 7) is 6.13. The van der Waals surface area contributed by atoms with E-state index >= 15 is 0 Å². The second-order valence-corrected chi connectivity index (χ2v) is 11.6. The largest absolute Gasteiger partial charge is 0.367 e. The van der Waals surface area contributed by atoms with Gasteiger partial charge in [-0.1, -0.05) is 42.0 Å². The van der Waals surface area contributed by atoms with Crippen molar-refractivity contribution < 1.29 is 4.79 Å². The van der Waals surface area contributed by atoms with Crippen LogP contribution in [0.1, 0.15) is 19.4 Å². The quantitative estimate of drug-likeness (QED) is 0.463. The van der Waals surface area contributed by atoms with Crippen molar-refractivity contribution in [1.82, 2.24) is 15.2 Å². The Balaban J connectivity index is 1.28. The number of carbonyl (C=O) groups is 1. The molecule has 0 radical (unpaired) electrons. The standard InChI is InChI=1S/C32H31ClN6O/c1-20-18-38(19-21(2)35-20)28-12-11-24(16-25(28)33)39-31(40)37(3)30-10-6-9-29-32(30,39)14-13-27(36-29)23-15-22-7-4-5-8-26(22)34-17-23/h4-17,20-21,30,35H,18-19H2,1-3H3/t20-,21+,30?,32?. The summed E-state index contributed by atoms with van der Waals surface area (Å²) < 4.78 is 0. The van der Waals surface area contributed by atoms with E-state index in [2.05, 4.69) is 53.3 Å². The van der Waals surface area contributed by atoms with Crippen molar-refractivity contribution in [2.45, 2.75) is 37.5 Å². The van der Waals surface area contributed by atoms with Crippen LogP contribution in [0.3, 0.4) is 0 Å². The van der Waals surface area contributed by atoms with Crippen LogP contribution >= 0.6 is 11.6 Å². The van der Waals surface area contributed by atoms with Gasteiger partial charge in [0.15, 0.2) is 0 Å². The van der Waals surface area contributed by atoms with Crippen molar-refractivity contribution in [3.63, 3.8) is 0 Å². The number of urea groups is 1. The molecular weight excluding hydrogens is 520 g/mol. The first-order valence-corrected chi connectivity index (χ1v) is 14.1. The van der Waals surface area contributed by atoms with Gasteiger partial charge in [-0.2, -0.15) is 0 Å². The molecule has 4 atom stereocenters. The molecule has 7 nitrogen and oxygen atoms in total. The number of pyridine rings is 1. The lowest BCUT2D eigenvalue weighted by Gasteiger charge is -2.42. The van der Waals surface area contributed by atoms with Crippen molar-refractivity contribution in [2.75, 3.05) is 29.9 Å². The number of nitrogens with one attached hydrogen (secondary N) is 1. The maximum atomic E-state index is 13.8. The Morgan fingerprint density at radius 2 is 1.88 bits per heavy atom. The lowest BCUT2D eigenvalue weighted by atomic mass is 9.80. The number of aromatic nitrogens is 1. The maximum Gasteiger partial charge on any atom is 0.326 e. The van der Waals surface area contributed by atoms with E-state index in [-0.39, 0.29) is 12.1 Å². The number of hydrogen-bond acceptors (Lipinski definition) is 5. The summed E-state index contributed by atoms with van der Waals surface area (Å²) in [5, 5.41) is 5.27. The Labute approximate surface area is 239 Å². The van der Waals surface area contributed by atoms with E-state index < -0.39 is 5.54 Å². The van der Waals surface area contributed by atoms with Crippen LogP contribution in [0.25, 0.3) is 10.9 Å². The Hall–Kier alpha value is -3.94. The predicted molar refractivity (Wildman–Crippen MR) is 163 cm³/mol. The number of halogens is 1. The SMILES string of the molecule is C[C@@H]1CN(c2ccc(N3C(=O)N(C)C4C=CC=C5N=C(c6cnc7ccccc7c6)C=CC543)cc2Cl)C[C@H](C)N1. The minimum absolute atomic E-state index is 0.0913. The Morgan fingerprint density at radius 1 is 1.07 bits per heavy atom. The molecule has 4 aliphatic rings. The lowest BCUT2D eigenvalue weighted by molar-refractivity contribution is 0.223. The number of allylic oxidation sites excluding steroid dienone is 3. The molecule has 8 heteroatoms. The molecule has 40 heavy (non-hydrogen) atoms. The average Bonchev–Trinajstić information content (AvgIpc) is 3.17. The van der Waals surface area contributed by atoms with Crippen molar-refractivity contribution in [1.29, 1.82) is 0 Å². The second kappa shape index (κ2) is 9.32. The number of para-hydroxylation sites is 1. The highest BCUT2D eigenvalue weighted by Crippen LogP contribution is 2.48. The molecular formula is C32H31ClN6O. The van der Waals surface area contributed by atoms with Gasteiger partial charge < -0.3 is 15.1 Å². The first kappa shape index (κ1) is 25.1. The van der Waals surface area contributed by atoms with E-state index in [1.807, 2.05) is 72.8 Å². The normalized spacial score (nSPS) is 27.6. The molecule has 3 aromatic rings. The number of nitrogens with zero attached hydrogens (tertiary/aromatic N) is 5. The third kappa shape index (κ3) is 3.79. The number of benzene rings is 2. The van der Waals surface area contributed by atoms with Crippen LogP contribution in [-0.4, -0.2) is 65.4 Å². The number of piperazine rings is 1. The fourth-order valence-electron chi connectivity index (χ4n) is 6.66. The molecule has 3 aliphatic heterocycles. The van der Waals surface area contributed by atoms with Crippen LogP contribution in [0.4, 0.5) is 16.2 Å². The van der Waals surface area contributed by atoms with Crippen molar-refractivity contribution >= 4 is 45.6 Å². The molecule has 0 saturated carbocycles. The molecule has 1 aliphatic carbocycles. The molecule has 0 bridgehead atoms. The molecule has 202 valence electrons. The lowest BCUT2D eigenvalue weighted by Crippen LogP contribution is -2.54. The first-order valence-electron chi connectivity index (χ1n) is 13.7. The van der Waals surface area contributed by atoms with Crippen molar-refractivity contribution in [3.05, 3.63) is 101 Å². The summed E-state index contributed by atoms with van der Waals surface area (Å²) >= 11 is 6.92. The van der Waals surface area contributed by atoms with Crippen LogP contribution in [-0.2, 0) is 0 Å². The van der Waals surface area contributed by atoms with Crippen LogP contribution in [0.5, 0.6) is 0 Å². The number of anilines is 2. The highest BCUT2D eigenvalue weighted by Gasteiger charge is 2.58. The molecule has 2 saturated heterocycles. The van der Waals surface area contributed by atoms with Gasteiger partial charge in [-0.25, -0.2) is 9.79 Å². The van der Waals surface area contributed by atoms with E-state index in [0.29, 0.717) is 17.1 Å². The van der Waals surface area contributed by atoms with E-state index in [0.717, 1.165) is 52.3 Å². The summed E-state index contributed by atoms with van der Waals surface area (Å²) in [6, 6.07) is 16.6. The molecule has 7 rings (SSSR count). The van der Waals surface area contributed by atoms with E-state index in [1.54, 1.807) is 4.90 Å². The third-order valence-corrected chi connectivity index (χ3v) is 8.70. The zero-order valence-electron chi connectivity index (χ0n) is 22.8. The highest BCUT2D eigenvalue weighted by atomic mass is 35.5. The van der Waals surface area contributed by atoms with Gasteiger partial charge in [-0.3, -0.25) is 9.88 Å². The van der Waals surface area contributed by atoms with Gasteiger partial charge in [-0.05, 0) is 62.4 Å².